The maximum Gasteiger partial charge on any atom is 0.146 e. The summed E-state index contributed by atoms with van der Waals surface area (Å²) in [4.78, 5) is 12.5. The first-order valence-electron chi connectivity index (χ1n) is 6.90. The lowest BCUT2D eigenvalue weighted by Gasteiger charge is -2.20. The minimum absolute atomic E-state index is 0.684. The van der Waals surface area contributed by atoms with Crippen LogP contribution in [0.25, 0.3) is 10.2 Å². The van der Waals surface area contributed by atoms with Crippen LogP contribution in [0.1, 0.15) is 5.82 Å². The fourth-order valence-electron chi connectivity index (χ4n) is 2.07. The molecule has 2 rings (SSSR count). The summed E-state index contributed by atoms with van der Waals surface area (Å²) in [6.07, 6.45) is 0. The predicted molar refractivity (Wildman–Crippen MR) is 86.0 cm³/mol. The molecule has 116 valence electrons. The largest absolute Gasteiger partial charge is 0.383 e. The molecule has 0 saturated heterocycles. The highest BCUT2D eigenvalue weighted by Gasteiger charge is 2.12. The third-order valence-corrected chi connectivity index (χ3v) is 4.00. The van der Waals surface area contributed by atoms with Gasteiger partial charge in [-0.2, -0.15) is 0 Å². The molecule has 0 aliphatic carbocycles. The summed E-state index contributed by atoms with van der Waals surface area (Å²) in [5.41, 5.74) is 0. The molecular formula is C14H22N4O2S. The van der Waals surface area contributed by atoms with Gasteiger partial charge < -0.3 is 14.8 Å². The number of aromatic nitrogens is 2. The van der Waals surface area contributed by atoms with Crippen LogP contribution in [0.3, 0.4) is 0 Å². The molecule has 0 fully saturated rings. The van der Waals surface area contributed by atoms with Crippen molar-refractivity contribution in [1.29, 1.82) is 0 Å². The van der Waals surface area contributed by atoms with Gasteiger partial charge in [0.1, 0.15) is 16.5 Å². The second-order valence-corrected chi connectivity index (χ2v) is 5.53. The molecule has 0 aliphatic rings. The molecule has 7 heteroatoms. The molecule has 0 aromatic carbocycles. The average molecular weight is 310 g/mol. The molecule has 21 heavy (non-hydrogen) atoms. The number of anilines is 1. The van der Waals surface area contributed by atoms with Crippen LogP contribution in [-0.4, -0.2) is 62.4 Å². The van der Waals surface area contributed by atoms with E-state index in [-0.39, 0.29) is 0 Å². The van der Waals surface area contributed by atoms with E-state index in [1.165, 1.54) is 0 Å². The summed E-state index contributed by atoms with van der Waals surface area (Å²) in [5.74, 6) is 1.70. The smallest absolute Gasteiger partial charge is 0.146 e. The molecule has 0 radical (unpaired) electrons. The molecule has 2 aromatic heterocycles. The van der Waals surface area contributed by atoms with E-state index in [2.05, 4.69) is 20.2 Å². The fourth-order valence-corrected chi connectivity index (χ4v) is 2.85. The topological polar surface area (TPSA) is 59.5 Å². The van der Waals surface area contributed by atoms with Gasteiger partial charge in [0.2, 0.25) is 0 Å². The Morgan fingerprint density at radius 2 is 1.90 bits per heavy atom. The van der Waals surface area contributed by atoms with Crippen LogP contribution in [0.5, 0.6) is 0 Å². The lowest BCUT2D eigenvalue weighted by atomic mass is 10.3. The molecule has 0 atom stereocenters. The van der Waals surface area contributed by atoms with E-state index >= 15 is 0 Å². The van der Waals surface area contributed by atoms with E-state index in [0.717, 1.165) is 34.9 Å². The molecule has 2 aromatic rings. The van der Waals surface area contributed by atoms with Gasteiger partial charge in [-0.25, -0.2) is 9.97 Å². The number of fused-ring (bicyclic) bond motifs is 1. The molecule has 0 amide bonds. The van der Waals surface area contributed by atoms with Crippen molar-refractivity contribution < 1.29 is 9.47 Å². The Morgan fingerprint density at radius 3 is 2.52 bits per heavy atom. The van der Waals surface area contributed by atoms with Gasteiger partial charge >= 0.3 is 0 Å². The van der Waals surface area contributed by atoms with Gasteiger partial charge in [-0.15, -0.1) is 11.3 Å². The number of rotatable bonds is 9. The number of nitrogens with zero attached hydrogens (tertiary/aromatic N) is 3. The Balaban J connectivity index is 2.14. The van der Waals surface area contributed by atoms with Gasteiger partial charge in [0, 0.05) is 34.4 Å². The molecular weight excluding hydrogens is 288 g/mol. The number of hydrogen-bond donors (Lipinski definition) is 1. The lowest BCUT2D eigenvalue weighted by Crippen LogP contribution is -2.31. The van der Waals surface area contributed by atoms with Crippen molar-refractivity contribution in [2.75, 3.05) is 52.9 Å². The van der Waals surface area contributed by atoms with Crippen molar-refractivity contribution in [3.05, 3.63) is 17.3 Å². The number of methoxy groups -OCH3 is 2. The van der Waals surface area contributed by atoms with E-state index in [4.69, 9.17) is 9.47 Å². The Kier molecular flexibility index (Phi) is 6.31. The van der Waals surface area contributed by atoms with Crippen LogP contribution in [-0.2, 0) is 16.0 Å². The zero-order chi connectivity index (χ0) is 15.1. The maximum atomic E-state index is 5.16. The molecule has 1 N–H and O–H groups in total. The first-order chi connectivity index (χ1) is 10.3. The van der Waals surface area contributed by atoms with Crippen molar-refractivity contribution in [2.24, 2.45) is 0 Å². The Hall–Kier alpha value is -1.28. The van der Waals surface area contributed by atoms with Gasteiger partial charge in [0.15, 0.2) is 0 Å². The second-order valence-electron chi connectivity index (χ2n) is 4.64. The first-order valence-corrected chi connectivity index (χ1v) is 7.78. The van der Waals surface area contributed by atoms with Gasteiger partial charge in [-0.3, -0.25) is 4.90 Å². The van der Waals surface area contributed by atoms with Gasteiger partial charge in [0.05, 0.1) is 25.1 Å². The summed E-state index contributed by atoms with van der Waals surface area (Å²) in [6, 6.07) is 2.04. The van der Waals surface area contributed by atoms with Crippen LogP contribution in [0, 0.1) is 0 Å². The van der Waals surface area contributed by atoms with Crippen molar-refractivity contribution >= 4 is 27.4 Å². The van der Waals surface area contributed by atoms with Crippen molar-refractivity contribution in [1.82, 2.24) is 14.9 Å². The van der Waals surface area contributed by atoms with Crippen molar-refractivity contribution in [3.8, 4) is 0 Å². The highest BCUT2D eigenvalue weighted by Crippen LogP contribution is 2.24. The third kappa shape index (κ3) is 4.34. The zero-order valence-corrected chi connectivity index (χ0v) is 13.6. The van der Waals surface area contributed by atoms with Crippen LogP contribution in [0.4, 0.5) is 5.82 Å². The zero-order valence-electron chi connectivity index (χ0n) is 12.8. The van der Waals surface area contributed by atoms with Crippen LogP contribution >= 0.6 is 11.3 Å². The van der Waals surface area contributed by atoms with Gasteiger partial charge in [-0.1, -0.05) is 0 Å². The number of thiophene rings is 1. The normalized spacial score (nSPS) is 11.4. The number of nitrogens with one attached hydrogen (secondary N) is 1. The summed E-state index contributed by atoms with van der Waals surface area (Å²) >= 11 is 1.63. The Labute approximate surface area is 129 Å². The Morgan fingerprint density at radius 1 is 1.19 bits per heavy atom. The predicted octanol–water partition coefficient (Wildman–Crippen LogP) is 1.83. The molecule has 6 nitrogen and oxygen atoms in total. The van der Waals surface area contributed by atoms with Crippen molar-refractivity contribution in [2.45, 2.75) is 6.54 Å². The summed E-state index contributed by atoms with van der Waals surface area (Å²) in [6.45, 7) is 3.73. The Bertz CT molecular complexity index is 553. The number of ether oxygens (including phenoxy) is 2. The first kappa shape index (κ1) is 16.1. The van der Waals surface area contributed by atoms with Gasteiger partial charge in [0.25, 0.3) is 0 Å². The minimum Gasteiger partial charge on any atom is -0.383 e. The summed E-state index contributed by atoms with van der Waals surface area (Å²) in [7, 11) is 5.31. The molecule has 0 saturated carbocycles. The van der Waals surface area contributed by atoms with E-state index in [0.29, 0.717) is 19.8 Å². The molecule has 0 unspecified atom stereocenters. The van der Waals surface area contributed by atoms with E-state index in [9.17, 15) is 0 Å². The van der Waals surface area contributed by atoms with E-state index < -0.39 is 0 Å². The summed E-state index contributed by atoms with van der Waals surface area (Å²) < 4.78 is 10.3. The average Bonchev–Trinajstić information content (AvgIpc) is 2.97. The molecule has 0 aliphatic heterocycles. The highest BCUT2D eigenvalue weighted by molar-refractivity contribution is 7.16. The monoisotopic (exact) mass is 310 g/mol. The number of hydrogen-bond acceptors (Lipinski definition) is 7. The standard InChI is InChI=1S/C14H22N4O2S/c1-15-13-11-4-9-21-14(11)17-12(16-13)10-18(5-7-19-2)6-8-20-3/h4,9H,5-8,10H2,1-3H3,(H,15,16,17). The van der Waals surface area contributed by atoms with Crippen LogP contribution in [0.2, 0.25) is 0 Å². The van der Waals surface area contributed by atoms with Gasteiger partial charge in [-0.05, 0) is 11.4 Å². The second kappa shape index (κ2) is 8.23. The molecule has 0 bridgehead atoms. The third-order valence-electron chi connectivity index (χ3n) is 3.20. The maximum absolute atomic E-state index is 5.16. The molecule has 0 spiro atoms. The highest BCUT2D eigenvalue weighted by atomic mass is 32.1. The fraction of sp³-hybridized carbons (Fsp3) is 0.571. The summed E-state index contributed by atoms with van der Waals surface area (Å²) in [5, 5.41) is 6.26. The van der Waals surface area contributed by atoms with Crippen LogP contribution < -0.4 is 5.32 Å². The quantitative estimate of drug-likeness (QED) is 0.762. The SMILES string of the molecule is CNc1nc(CN(CCOC)CCOC)nc2sccc12. The van der Waals surface area contributed by atoms with E-state index in [1.807, 2.05) is 18.5 Å². The minimum atomic E-state index is 0.684. The van der Waals surface area contributed by atoms with E-state index in [1.54, 1.807) is 25.6 Å². The molecule has 2 heterocycles. The van der Waals surface area contributed by atoms with Crippen molar-refractivity contribution in [3.63, 3.8) is 0 Å². The lowest BCUT2D eigenvalue weighted by molar-refractivity contribution is 0.109. The van der Waals surface area contributed by atoms with Crippen LogP contribution in [0.15, 0.2) is 11.4 Å².